The Balaban J connectivity index is 0. The lowest BCUT2D eigenvalue weighted by molar-refractivity contribution is -0.192. The average molecular weight is 659 g/mol. The van der Waals surface area contributed by atoms with E-state index in [0.717, 1.165) is 19.3 Å². The molecule has 0 atom stereocenters. The number of aliphatic carboxylic acids is 1. The minimum absolute atomic E-state index is 0.103. The lowest BCUT2D eigenvalue weighted by atomic mass is 10.0. The molecule has 0 aromatic heterocycles. The normalized spacial score (nSPS) is 11.2. The standard InChI is InChI=1S/C27H52N4O7.C2HF3O2/c1-2-3-4-5-6-7-8-9-13-23(32)31-27(20-36-24(33)14-10-17-28,21-37-25(34)15-11-18-29)22-38-26(35)16-12-19-30;3-2(4,5)1(6)7/h2-22,28-30H2,1H3,(H,31,32);(H,6,7). The highest BCUT2D eigenvalue weighted by atomic mass is 19.4. The summed E-state index contributed by atoms with van der Waals surface area (Å²) in [4.78, 5) is 58.4. The molecule has 0 radical (unpaired) electrons. The number of esters is 3. The van der Waals surface area contributed by atoms with Crippen molar-refractivity contribution >= 4 is 29.8 Å². The number of alkyl halides is 3. The summed E-state index contributed by atoms with van der Waals surface area (Å²) in [6, 6.07) is 0. The molecule has 0 aliphatic carbocycles. The van der Waals surface area contributed by atoms with Crippen molar-refractivity contribution in [1.82, 2.24) is 5.32 Å². The second-order valence-corrected chi connectivity index (χ2v) is 10.5. The Labute approximate surface area is 263 Å². The summed E-state index contributed by atoms with van der Waals surface area (Å²) in [6.45, 7) is 2.19. The third-order valence-electron chi connectivity index (χ3n) is 6.19. The third kappa shape index (κ3) is 27.1. The number of halogens is 3. The highest BCUT2D eigenvalue weighted by Crippen LogP contribution is 2.15. The van der Waals surface area contributed by atoms with Gasteiger partial charge in [0, 0.05) is 25.7 Å². The maximum absolute atomic E-state index is 12.9. The molecule has 45 heavy (non-hydrogen) atoms. The van der Waals surface area contributed by atoms with Crippen molar-refractivity contribution in [3.8, 4) is 0 Å². The maximum Gasteiger partial charge on any atom is 0.490 e. The molecule has 13 nitrogen and oxygen atoms in total. The molecule has 0 bridgehead atoms. The summed E-state index contributed by atoms with van der Waals surface area (Å²) >= 11 is 0. The number of nitrogens with one attached hydrogen (secondary N) is 1. The molecule has 0 saturated carbocycles. The van der Waals surface area contributed by atoms with Crippen molar-refractivity contribution in [2.75, 3.05) is 39.5 Å². The van der Waals surface area contributed by atoms with E-state index in [1.807, 2.05) is 0 Å². The summed E-state index contributed by atoms with van der Waals surface area (Å²) in [5, 5.41) is 9.96. The van der Waals surface area contributed by atoms with Gasteiger partial charge in [-0.2, -0.15) is 13.2 Å². The Morgan fingerprint density at radius 2 is 0.933 bits per heavy atom. The molecule has 264 valence electrons. The maximum atomic E-state index is 12.9. The zero-order valence-electron chi connectivity index (χ0n) is 26.4. The Morgan fingerprint density at radius 3 is 1.24 bits per heavy atom. The number of rotatable bonds is 25. The fourth-order valence-electron chi connectivity index (χ4n) is 3.62. The van der Waals surface area contributed by atoms with E-state index in [1.54, 1.807) is 0 Å². The van der Waals surface area contributed by atoms with Crippen LogP contribution < -0.4 is 22.5 Å². The molecule has 0 aromatic rings. The van der Waals surface area contributed by atoms with Gasteiger partial charge in [-0.05, 0) is 45.3 Å². The highest BCUT2D eigenvalue weighted by Gasteiger charge is 2.38. The van der Waals surface area contributed by atoms with Crippen LogP contribution in [0.15, 0.2) is 0 Å². The Morgan fingerprint density at radius 1 is 0.600 bits per heavy atom. The SMILES string of the molecule is CCCCCCCCCCC(=O)NC(COC(=O)CCCN)(COC(=O)CCCN)COC(=O)CCCN.O=C(O)C(F)(F)F. The number of ether oxygens (including phenoxy) is 3. The molecular formula is C29H53F3N4O9. The van der Waals surface area contributed by atoms with Gasteiger partial charge in [-0.3, -0.25) is 19.2 Å². The number of hydrogen-bond acceptors (Lipinski definition) is 11. The van der Waals surface area contributed by atoms with Crippen molar-refractivity contribution in [2.45, 2.75) is 115 Å². The van der Waals surface area contributed by atoms with Crippen LogP contribution >= 0.6 is 0 Å². The average Bonchev–Trinajstić information content (AvgIpc) is 2.99. The van der Waals surface area contributed by atoms with Gasteiger partial charge in [0.15, 0.2) is 0 Å². The third-order valence-corrected chi connectivity index (χ3v) is 6.19. The fourth-order valence-corrected chi connectivity index (χ4v) is 3.62. The largest absolute Gasteiger partial charge is 0.490 e. The Kier molecular flexibility index (Phi) is 26.8. The van der Waals surface area contributed by atoms with E-state index in [9.17, 15) is 32.3 Å². The lowest BCUT2D eigenvalue weighted by Crippen LogP contribution is -2.59. The zero-order chi connectivity index (χ0) is 34.6. The summed E-state index contributed by atoms with van der Waals surface area (Å²) in [5.41, 5.74) is 15.0. The van der Waals surface area contributed by atoms with Crippen LogP contribution in [0.1, 0.15) is 103 Å². The van der Waals surface area contributed by atoms with Crippen LogP contribution in [0, 0.1) is 0 Å². The molecule has 0 heterocycles. The number of hydrogen-bond donors (Lipinski definition) is 5. The van der Waals surface area contributed by atoms with Gasteiger partial charge >= 0.3 is 30.1 Å². The first-order chi connectivity index (χ1) is 21.3. The summed E-state index contributed by atoms with van der Waals surface area (Å²) in [7, 11) is 0. The summed E-state index contributed by atoms with van der Waals surface area (Å²) in [5.74, 6) is -4.60. The van der Waals surface area contributed by atoms with Gasteiger partial charge < -0.3 is 41.8 Å². The molecule has 0 fully saturated rings. The van der Waals surface area contributed by atoms with Crippen molar-refractivity contribution in [3.05, 3.63) is 0 Å². The van der Waals surface area contributed by atoms with E-state index < -0.39 is 35.6 Å². The van der Waals surface area contributed by atoms with Crippen LogP contribution in [0.25, 0.3) is 0 Å². The quantitative estimate of drug-likeness (QED) is 0.0543. The number of carbonyl (C=O) groups is 5. The molecule has 0 aliphatic rings. The number of carbonyl (C=O) groups excluding carboxylic acids is 4. The van der Waals surface area contributed by atoms with Crippen LogP contribution in [0.2, 0.25) is 0 Å². The van der Waals surface area contributed by atoms with Gasteiger partial charge in [0.2, 0.25) is 5.91 Å². The smallest absolute Gasteiger partial charge is 0.475 e. The Hall–Kier alpha value is -2.98. The van der Waals surface area contributed by atoms with E-state index in [4.69, 9.17) is 41.3 Å². The number of carboxylic acid groups (broad SMARTS) is 1. The van der Waals surface area contributed by atoms with Crippen LogP contribution in [0.4, 0.5) is 13.2 Å². The highest BCUT2D eigenvalue weighted by molar-refractivity contribution is 5.77. The first-order valence-corrected chi connectivity index (χ1v) is 15.4. The molecule has 0 aliphatic heterocycles. The van der Waals surface area contributed by atoms with Gasteiger partial charge in [-0.1, -0.05) is 51.9 Å². The first kappa shape index (κ1) is 44.1. The molecule has 0 spiro atoms. The topological polar surface area (TPSA) is 223 Å². The van der Waals surface area contributed by atoms with Gasteiger partial charge in [0.25, 0.3) is 0 Å². The first-order valence-electron chi connectivity index (χ1n) is 15.4. The number of unbranched alkanes of at least 4 members (excludes halogenated alkanes) is 7. The summed E-state index contributed by atoms with van der Waals surface area (Å²) in [6.07, 6.45) is 5.49. The second kappa shape index (κ2) is 27.3. The zero-order valence-corrected chi connectivity index (χ0v) is 26.4. The van der Waals surface area contributed by atoms with Gasteiger partial charge in [0.05, 0.1) is 0 Å². The number of amides is 1. The molecule has 8 N–H and O–H groups in total. The second-order valence-electron chi connectivity index (χ2n) is 10.5. The predicted octanol–water partition coefficient (Wildman–Crippen LogP) is 2.85. The van der Waals surface area contributed by atoms with Crippen molar-refractivity contribution in [1.29, 1.82) is 0 Å². The predicted molar refractivity (Wildman–Crippen MR) is 160 cm³/mol. The van der Waals surface area contributed by atoms with E-state index in [2.05, 4.69) is 12.2 Å². The molecule has 1 amide bonds. The van der Waals surface area contributed by atoms with Crippen LogP contribution in [-0.2, 0) is 38.2 Å². The van der Waals surface area contributed by atoms with Gasteiger partial charge in [-0.25, -0.2) is 4.79 Å². The molecule has 0 aromatic carbocycles. The fraction of sp³-hybridized carbons (Fsp3) is 0.828. The molecular weight excluding hydrogens is 605 g/mol. The summed E-state index contributed by atoms with van der Waals surface area (Å²) < 4.78 is 47.9. The molecule has 0 saturated heterocycles. The van der Waals surface area contributed by atoms with Crippen LogP contribution in [0.5, 0.6) is 0 Å². The molecule has 16 heteroatoms. The van der Waals surface area contributed by atoms with Crippen molar-refractivity contribution in [3.63, 3.8) is 0 Å². The minimum Gasteiger partial charge on any atom is -0.475 e. The van der Waals surface area contributed by atoms with E-state index in [1.165, 1.54) is 25.7 Å². The van der Waals surface area contributed by atoms with Crippen LogP contribution in [-0.4, -0.2) is 86.1 Å². The Bertz CT molecular complexity index is 787. The number of nitrogens with two attached hydrogens (primary N) is 3. The van der Waals surface area contributed by atoms with Crippen molar-refractivity contribution < 1.29 is 56.5 Å². The van der Waals surface area contributed by atoms with Crippen molar-refractivity contribution in [2.24, 2.45) is 17.2 Å². The monoisotopic (exact) mass is 658 g/mol. The van der Waals surface area contributed by atoms with E-state index in [-0.39, 0.29) is 51.4 Å². The lowest BCUT2D eigenvalue weighted by Gasteiger charge is -2.33. The van der Waals surface area contributed by atoms with E-state index in [0.29, 0.717) is 45.3 Å². The van der Waals surface area contributed by atoms with Gasteiger partial charge in [-0.15, -0.1) is 0 Å². The number of carboxylic acids is 1. The molecule has 0 rings (SSSR count). The molecule has 0 unspecified atom stereocenters. The van der Waals surface area contributed by atoms with E-state index >= 15 is 0 Å². The van der Waals surface area contributed by atoms with Crippen LogP contribution in [0.3, 0.4) is 0 Å². The minimum atomic E-state index is -5.08. The van der Waals surface area contributed by atoms with Gasteiger partial charge in [0.1, 0.15) is 25.4 Å².